The zero-order valence-corrected chi connectivity index (χ0v) is 15.7. The number of amides is 1. The van der Waals surface area contributed by atoms with Crippen LogP contribution in [0.4, 0.5) is 5.69 Å². The third-order valence-corrected chi connectivity index (χ3v) is 4.15. The molecule has 130 valence electrons. The number of anilines is 1. The number of aromatic nitrogens is 1. The van der Waals surface area contributed by atoms with Gasteiger partial charge in [-0.1, -0.05) is 0 Å². The van der Waals surface area contributed by atoms with Gasteiger partial charge in [0.2, 0.25) is 0 Å². The van der Waals surface area contributed by atoms with Gasteiger partial charge in [0.25, 0.3) is 5.91 Å². The molecule has 5 heteroatoms. The van der Waals surface area contributed by atoms with E-state index in [0.29, 0.717) is 0 Å². The summed E-state index contributed by atoms with van der Waals surface area (Å²) in [6.45, 7) is 4.01. The summed E-state index contributed by atoms with van der Waals surface area (Å²) in [6, 6.07) is 12.3. The van der Waals surface area contributed by atoms with Crippen LogP contribution < -0.4 is 4.90 Å². The zero-order chi connectivity index (χ0) is 18.7. The van der Waals surface area contributed by atoms with Crippen molar-refractivity contribution in [1.82, 2.24) is 9.47 Å². The Morgan fingerprint density at radius 3 is 2.20 bits per heavy atom. The number of nitrogens with zero attached hydrogens (tertiary/aromatic N) is 4. The van der Waals surface area contributed by atoms with Crippen molar-refractivity contribution in [3.63, 3.8) is 0 Å². The predicted octanol–water partition coefficient (Wildman–Crippen LogP) is 3.16. The summed E-state index contributed by atoms with van der Waals surface area (Å²) in [5.41, 5.74) is 5.24. The van der Waals surface area contributed by atoms with Gasteiger partial charge in [0.1, 0.15) is 11.6 Å². The molecule has 2 aromatic rings. The fourth-order valence-electron chi connectivity index (χ4n) is 2.77. The van der Waals surface area contributed by atoms with Crippen LogP contribution in [0.25, 0.3) is 11.8 Å². The van der Waals surface area contributed by atoms with Crippen molar-refractivity contribution in [1.29, 1.82) is 5.26 Å². The molecule has 2 rings (SSSR count). The number of aryl methyl sites for hydroxylation is 1. The van der Waals surface area contributed by atoms with E-state index >= 15 is 0 Å². The van der Waals surface area contributed by atoms with Crippen molar-refractivity contribution >= 4 is 17.7 Å². The Labute approximate surface area is 149 Å². The predicted molar refractivity (Wildman–Crippen MR) is 102 cm³/mol. The van der Waals surface area contributed by atoms with E-state index in [1.54, 1.807) is 20.2 Å². The van der Waals surface area contributed by atoms with Crippen molar-refractivity contribution in [2.24, 2.45) is 0 Å². The second kappa shape index (κ2) is 7.27. The topological polar surface area (TPSA) is 52.3 Å². The Balaban J connectivity index is 2.48. The molecule has 0 aliphatic heterocycles. The minimum absolute atomic E-state index is 0.133. The quantitative estimate of drug-likeness (QED) is 0.636. The number of hydrogen-bond donors (Lipinski definition) is 0. The van der Waals surface area contributed by atoms with Crippen LogP contribution in [-0.2, 0) is 4.79 Å². The van der Waals surface area contributed by atoms with Gasteiger partial charge in [-0.05, 0) is 55.8 Å². The fraction of sp³-hybridized carbons (Fsp3) is 0.300. The molecule has 0 bridgehead atoms. The first-order valence-corrected chi connectivity index (χ1v) is 8.06. The van der Waals surface area contributed by atoms with Crippen LogP contribution in [0.3, 0.4) is 0 Å². The van der Waals surface area contributed by atoms with E-state index < -0.39 is 0 Å². The zero-order valence-electron chi connectivity index (χ0n) is 15.7. The second-order valence-electron chi connectivity index (χ2n) is 6.44. The molecule has 1 amide bonds. The number of benzene rings is 1. The second-order valence-corrected chi connectivity index (χ2v) is 6.44. The third-order valence-electron chi connectivity index (χ3n) is 4.15. The SMILES string of the molecule is Cc1cc(/C=C(/C#N)C(=O)N(C)C)c(C)n1-c1ccc(N(C)C)cc1. The number of likely N-dealkylation sites (N-methyl/N-ethyl adjacent to an activating group) is 1. The van der Waals surface area contributed by atoms with Crippen molar-refractivity contribution in [3.8, 4) is 11.8 Å². The van der Waals surface area contributed by atoms with Gasteiger partial charge in [0.05, 0.1) is 0 Å². The molecule has 0 aliphatic carbocycles. The maximum Gasteiger partial charge on any atom is 0.264 e. The van der Waals surface area contributed by atoms with Crippen molar-refractivity contribution in [2.45, 2.75) is 13.8 Å². The van der Waals surface area contributed by atoms with Gasteiger partial charge in [-0.25, -0.2) is 0 Å². The Morgan fingerprint density at radius 1 is 1.12 bits per heavy atom. The summed E-state index contributed by atoms with van der Waals surface area (Å²) < 4.78 is 2.13. The normalized spacial score (nSPS) is 11.2. The monoisotopic (exact) mass is 336 g/mol. The van der Waals surface area contributed by atoms with Crippen LogP contribution in [0.5, 0.6) is 0 Å². The van der Waals surface area contributed by atoms with E-state index in [0.717, 1.165) is 28.3 Å². The first kappa shape index (κ1) is 18.3. The Morgan fingerprint density at radius 2 is 1.72 bits per heavy atom. The Kier molecular flexibility index (Phi) is 5.33. The van der Waals surface area contributed by atoms with Gasteiger partial charge in [-0.2, -0.15) is 5.26 Å². The van der Waals surface area contributed by atoms with Crippen molar-refractivity contribution < 1.29 is 4.79 Å². The molecule has 25 heavy (non-hydrogen) atoms. The lowest BCUT2D eigenvalue weighted by Crippen LogP contribution is -2.22. The summed E-state index contributed by atoms with van der Waals surface area (Å²) in [6.07, 6.45) is 1.66. The van der Waals surface area contributed by atoms with Gasteiger partial charge < -0.3 is 14.4 Å². The van der Waals surface area contributed by atoms with Gasteiger partial charge in [0, 0.05) is 51.0 Å². The largest absolute Gasteiger partial charge is 0.378 e. The van der Waals surface area contributed by atoms with Crippen LogP contribution >= 0.6 is 0 Å². The minimum atomic E-state index is -0.289. The van der Waals surface area contributed by atoms with E-state index in [2.05, 4.69) is 33.7 Å². The molecule has 1 aromatic heterocycles. The van der Waals surface area contributed by atoms with Crippen LogP contribution in [-0.4, -0.2) is 43.6 Å². The minimum Gasteiger partial charge on any atom is -0.378 e. The lowest BCUT2D eigenvalue weighted by Gasteiger charge is -2.15. The summed E-state index contributed by atoms with van der Waals surface area (Å²) in [5, 5.41) is 9.30. The molecular formula is C20H24N4O. The van der Waals surface area contributed by atoms with Crippen LogP contribution in [0.15, 0.2) is 35.9 Å². The van der Waals surface area contributed by atoms with Gasteiger partial charge >= 0.3 is 0 Å². The molecule has 0 fully saturated rings. The van der Waals surface area contributed by atoms with E-state index in [-0.39, 0.29) is 11.5 Å². The number of carbonyl (C=O) groups is 1. The first-order chi connectivity index (χ1) is 11.8. The highest BCUT2D eigenvalue weighted by atomic mass is 16.2. The summed E-state index contributed by atoms with van der Waals surface area (Å²) in [5.74, 6) is -0.289. The highest BCUT2D eigenvalue weighted by Gasteiger charge is 2.15. The molecule has 1 aromatic carbocycles. The van der Waals surface area contributed by atoms with Crippen LogP contribution in [0, 0.1) is 25.2 Å². The van der Waals surface area contributed by atoms with E-state index in [1.807, 2.05) is 40.1 Å². The number of carbonyl (C=O) groups excluding carboxylic acids is 1. The molecule has 0 unspecified atom stereocenters. The van der Waals surface area contributed by atoms with Crippen LogP contribution in [0.2, 0.25) is 0 Å². The molecule has 0 atom stereocenters. The molecule has 0 spiro atoms. The van der Waals surface area contributed by atoms with Gasteiger partial charge in [-0.15, -0.1) is 0 Å². The van der Waals surface area contributed by atoms with E-state index in [4.69, 9.17) is 0 Å². The maximum absolute atomic E-state index is 12.1. The average Bonchev–Trinajstić information content (AvgIpc) is 2.85. The Hall–Kier alpha value is -3.00. The molecule has 0 radical (unpaired) electrons. The fourth-order valence-corrected chi connectivity index (χ4v) is 2.77. The number of rotatable bonds is 4. The lowest BCUT2D eigenvalue weighted by atomic mass is 10.1. The summed E-state index contributed by atoms with van der Waals surface area (Å²) in [7, 11) is 7.30. The Bertz CT molecular complexity index is 849. The van der Waals surface area contributed by atoms with E-state index in [9.17, 15) is 10.1 Å². The standard InChI is InChI=1S/C20H24N4O/c1-14-11-16(12-17(13-21)20(25)23(5)6)15(2)24(14)19-9-7-18(8-10-19)22(3)4/h7-12H,1-6H3/b17-12-. The number of hydrogen-bond acceptors (Lipinski definition) is 3. The molecule has 0 N–H and O–H groups in total. The highest BCUT2D eigenvalue weighted by molar-refractivity contribution is 6.01. The summed E-state index contributed by atoms with van der Waals surface area (Å²) >= 11 is 0. The maximum atomic E-state index is 12.1. The van der Waals surface area contributed by atoms with E-state index in [1.165, 1.54) is 4.90 Å². The van der Waals surface area contributed by atoms with Gasteiger partial charge in [-0.3, -0.25) is 4.79 Å². The summed E-state index contributed by atoms with van der Waals surface area (Å²) in [4.78, 5) is 15.5. The van der Waals surface area contributed by atoms with Gasteiger partial charge in [0.15, 0.2) is 0 Å². The average molecular weight is 336 g/mol. The molecule has 0 saturated heterocycles. The third kappa shape index (κ3) is 3.74. The molecule has 5 nitrogen and oxygen atoms in total. The molecular weight excluding hydrogens is 312 g/mol. The van der Waals surface area contributed by atoms with Crippen molar-refractivity contribution in [2.75, 3.05) is 33.1 Å². The number of nitriles is 1. The highest BCUT2D eigenvalue weighted by Crippen LogP contribution is 2.24. The molecule has 0 aliphatic rings. The first-order valence-electron chi connectivity index (χ1n) is 8.06. The van der Waals surface area contributed by atoms with Crippen molar-refractivity contribution in [3.05, 3.63) is 52.9 Å². The van der Waals surface area contributed by atoms with Crippen LogP contribution in [0.1, 0.15) is 17.0 Å². The molecule has 0 saturated carbocycles. The smallest absolute Gasteiger partial charge is 0.264 e. The lowest BCUT2D eigenvalue weighted by molar-refractivity contribution is -0.124. The molecule has 1 heterocycles.